The number of ketones is 1. The Morgan fingerprint density at radius 1 is 1.26 bits per heavy atom. The number of aromatic nitrogens is 4. The minimum atomic E-state index is -3.00. The van der Waals surface area contributed by atoms with Crippen LogP contribution in [-0.2, 0) is 16.9 Å². The minimum Gasteiger partial charge on any atom is -0.344 e. The molecule has 164 valence electrons. The first-order valence-corrected chi connectivity index (χ1v) is 13.1. The van der Waals surface area contributed by atoms with Crippen molar-refractivity contribution in [2.45, 2.75) is 31.5 Å². The van der Waals surface area contributed by atoms with E-state index in [0.29, 0.717) is 28.0 Å². The highest BCUT2D eigenvalue weighted by atomic mass is 35.5. The van der Waals surface area contributed by atoms with Gasteiger partial charge >= 0.3 is 0 Å². The number of aryl methyl sites for hydroxylation is 1. The second kappa shape index (κ2) is 8.44. The smallest absolute Gasteiger partial charge is 0.191 e. The van der Waals surface area contributed by atoms with E-state index < -0.39 is 9.84 Å². The summed E-state index contributed by atoms with van der Waals surface area (Å²) in [6, 6.07) is 9.17. The Kier molecular flexibility index (Phi) is 6.02. The van der Waals surface area contributed by atoms with Gasteiger partial charge < -0.3 is 9.13 Å². The molecule has 3 aromatic rings. The van der Waals surface area contributed by atoms with Gasteiger partial charge in [0.25, 0.3) is 0 Å². The van der Waals surface area contributed by atoms with Crippen molar-refractivity contribution in [1.82, 2.24) is 19.3 Å². The third kappa shape index (κ3) is 4.31. The van der Waals surface area contributed by atoms with Gasteiger partial charge in [-0.3, -0.25) is 4.79 Å². The van der Waals surface area contributed by atoms with Gasteiger partial charge in [0.15, 0.2) is 26.6 Å². The highest BCUT2D eigenvalue weighted by Crippen LogP contribution is 2.31. The van der Waals surface area contributed by atoms with Crippen LogP contribution in [-0.4, -0.2) is 50.8 Å². The molecule has 0 amide bonds. The Labute approximate surface area is 190 Å². The molecule has 0 N–H and O–H groups in total. The molecule has 0 radical (unpaired) electrons. The van der Waals surface area contributed by atoms with Crippen LogP contribution < -0.4 is 0 Å². The van der Waals surface area contributed by atoms with E-state index in [1.807, 2.05) is 54.3 Å². The summed E-state index contributed by atoms with van der Waals surface area (Å²) in [5.74, 6) is 1.17. The molecule has 1 aliphatic rings. The van der Waals surface area contributed by atoms with Gasteiger partial charge in [-0.25, -0.2) is 8.42 Å². The van der Waals surface area contributed by atoms with Crippen molar-refractivity contribution in [2.24, 2.45) is 7.05 Å². The van der Waals surface area contributed by atoms with Crippen LogP contribution in [0.5, 0.6) is 0 Å². The molecule has 0 saturated carbocycles. The minimum absolute atomic E-state index is 0.0208. The van der Waals surface area contributed by atoms with Crippen LogP contribution in [0.1, 0.15) is 34.2 Å². The predicted molar refractivity (Wildman–Crippen MR) is 123 cm³/mol. The van der Waals surface area contributed by atoms with Crippen molar-refractivity contribution < 1.29 is 13.2 Å². The van der Waals surface area contributed by atoms with Crippen molar-refractivity contribution in [3.8, 4) is 11.4 Å². The summed E-state index contributed by atoms with van der Waals surface area (Å²) in [7, 11) is -1.15. The van der Waals surface area contributed by atoms with Gasteiger partial charge in [0.2, 0.25) is 0 Å². The molecule has 1 atom stereocenters. The number of carbonyl (C=O) groups is 1. The molecule has 0 bridgehead atoms. The zero-order chi connectivity index (χ0) is 22.3. The Morgan fingerprint density at radius 2 is 2.00 bits per heavy atom. The topological polar surface area (TPSA) is 86.8 Å². The number of rotatable bonds is 6. The van der Waals surface area contributed by atoms with Crippen LogP contribution in [0.25, 0.3) is 11.4 Å². The summed E-state index contributed by atoms with van der Waals surface area (Å²) >= 11 is 7.59. The van der Waals surface area contributed by atoms with E-state index in [0.717, 1.165) is 17.0 Å². The monoisotopic (exact) mass is 478 g/mol. The molecule has 7 nitrogen and oxygen atoms in total. The normalized spacial score (nSPS) is 17.9. The quantitative estimate of drug-likeness (QED) is 0.394. The summed E-state index contributed by atoms with van der Waals surface area (Å²) in [5.41, 5.74) is 3.14. The van der Waals surface area contributed by atoms with Gasteiger partial charge in [0.1, 0.15) is 0 Å². The number of hydrogen-bond donors (Lipinski definition) is 0. The Balaban J connectivity index is 1.50. The fourth-order valence-corrected chi connectivity index (χ4v) is 6.84. The van der Waals surface area contributed by atoms with Gasteiger partial charge in [0.05, 0.1) is 22.3 Å². The lowest BCUT2D eigenvalue weighted by atomic mass is 10.2. The van der Waals surface area contributed by atoms with Crippen LogP contribution >= 0.6 is 23.4 Å². The SMILES string of the molecule is Cc1cc(C(=O)CSc2nnc(-c3ccccc3Cl)n2C)c(C)n1C1CCS(=O)(=O)C1. The summed E-state index contributed by atoms with van der Waals surface area (Å²) in [6.45, 7) is 3.80. The third-order valence-corrected chi connectivity index (χ3v) is 8.74. The van der Waals surface area contributed by atoms with Crippen molar-refractivity contribution in [3.05, 3.63) is 52.3 Å². The molecule has 1 aliphatic heterocycles. The summed E-state index contributed by atoms with van der Waals surface area (Å²) in [5, 5.41) is 9.66. The van der Waals surface area contributed by atoms with Crippen molar-refractivity contribution in [3.63, 3.8) is 0 Å². The Morgan fingerprint density at radius 3 is 2.68 bits per heavy atom. The van der Waals surface area contributed by atoms with E-state index in [9.17, 15) is 13.2 Å². The molecule has 1 saturated heterocycles. The maximum absolute atomic E-state index is 13.0. The van der Waals surface area contributed by atoms with Gasteiger partial charge in [-0.2, -0.15) is 0 Å². The number of carbonyl (C=O) groups excluding carboxylic acids is 1. The molecule has 10 heteroatoms. The summed E-state index contributed by atoms with van der Waals surface area (Å²) in [6.07, 6.45) is 0.588. The lowest BCUT2D eigenvalue weighted by Crippen LogP contribution is -2.14. The van der Waals surface area contributed by atoms with Crippen molar-refractivity contribution in [2.75, 3.05) is 17.3 Å². The zero-order valence-electron chi connectivity index (χ0n) is 17.5. The molecule has 1 aromatic carbocycles. The first kappa shape index (κ1) is 22.1. The van der Waals surface area contributed by atoms with E-state index in [1.165, 1.54) is 11.8 Å². The first-order valence-electron chi connectivity index (χ1n) is 9.87. The number of benzene rings is 1. The maximum Gasteiger partial charge on any atom is 0.191 e. The van der Waals surface area contributed by atoms with E-state index in [-0.39, 0.29) is 29.1 Å². The highest BCUT2D eigenvalue weighted by molar-refractivity contribution is 7.99. The number of halogens is 1. The average molecular weight is 479 g/mol. The molecule has 3 heterocycles. The zero-order valence-corrected chi connectivity index (χ0v) is 19.9. The molecule has 1 fully saturated rings. The highest BCUT2D eigenvalue weighted by Gasteiger charge is 2.31. The number of sulfone groups is 1. The number of hydrogen-bond acceptors (Lipinski definition) is 6. The van der Waals surface area contributed by atoms with Gasteiger partial charge in [0, 0.05) is 35.6 Å². The third-order valence-electron chi connectivity index (χ3n) is 5.64. The Hall–Kier alpha value is -2.10. The molecule has 2 aromatic heterocycles. The second-order valence-corrected chi connectivity index (χ2v) is 11.3. The standard InChI is InChI=1S/C21H23ClN4O3S2/c1-13-10-17(14(2)26(13)15-8-9-31(28,29)12-15)19(27)11-30-21-24-23-20(25(21)3)16-6-4-5-7-18(16)22/h4-7,10,15H,8-9,11-12H2,1-3H3. The molecule has 1 unspecified atom stereocenters. The van der Waals surface area contributed by atoms with Gasteiger partial charge in [-0.05, 0) is 38.5 Å². The second-order valence-electron chi connectivity index (χ2n) is 7.77. The number of thioether (sulfide) groups is 1. The number of Topliss-reactive ketones (excluding diaryl/α,β-unsaturated/α-hetero) is 1. The van der Waals surface area contributed by atoms with E-state index in [1.54, 1.807) is 6.07 Å². The van der Waals surface area contributed by atoms with Gasteiger partial charge in [-0.1, -0.05) is 35.5 Å². The summed E-state index contributed by atoms with van der Waals surface area (Å²) < 4.78 is 27.6. The predicted octanol–water partition coefficient (Wildman–Crippen LogP) is 3.89. The molecular formula is C21H23ClN4O3S2. The van der Waals surface area contributed by atoms with Crippen molar-refractivity contribution in [1.29, 1.82) is 0 Å². The van der Waals surface area contributed by atoms with Gasteiger partial charge in [-0.15, -0.1) is 10.2 Å². The lowest BCUT2D eigenvalue weighted by molar-refractivity contribution is 0.102. The van der Waals surface area contributed by atoms with Crippen LogP contribution in [0.3, 0.4) is 0 Å². The fraction of sp³-hybridized carbons (Fsp3) is 0.381. The molecule has 31 heavy (non-hydrogen) atoms. The lowest BCUT2D eigenvalue weighted by Gasteiger charge is -2.16. The van der Waals surface area contributed by atoms with Crippen LogP contribution in [0.2, 0.25) is 5.02 Å². The Bertz CT molecular complexity index is 1260. The van der Waals surface area contributed by atoms with Crippen LogP contribution in [0, 0.1) is 13.8 Å². The first-order chi connectivity index (χ1) is 14.7. The van der Waals surface area contributed by atoms with Crippen LogP contribution in [0.4, 0.5) is 0 Å². The van der Waals surface area contributed by atoms with E-state index >= 15 is 0 Å². The largest absolute Gasteiger partial charge is 0.344 e. The van der Waals surface area contributed by atoms with Crippen molar-refractivity contribution >= 4 is 39.0 Å². The molecule has 0 spiro atoms. The fourth-order valence-electron chi connectivity index (χ4n) is 4.13. The molecular weight excluding hydrogens is 456 g/mol. The van der Waals surface area contributed by atoms with E-state index in [4.69, 9.17) is 11.6 Å². The molecule has 4 rings (SSSR count). The van der Waals surface area contributed by atoms with Crippen LogP contribution in [0.15, 0.2) is 35.5 Å². The number of nitrogens with zero attached hydrogens (tertiary/aromatic N) is 4. The maximum atomic E-state index is 13.0. The van der Waals surface area contributed by atoms with E-state index in [2.05, 4.69) is 10.2 Å². The average Bonchev–Trinajstić information content (AvgIpc) is 3.35. The summed E-state index contributed by atoms with van der Waals surface area (Å²) in [4.78, 5) is 13.0. The molecule has 0 aliphatic carbocycles.